The zero-order valence-electron chi connectivity index (χ0n) is 15.6. The highest BCUT2D eigenvalue weighted by Gasteiger charge is 2.31. The van der Waals surface area contributed by atoms with E-state index in [1.165, 1.54) is 12.1 Å². The largest absolute Gasteiger partial charge is 0.416 e. The molecule has 1 heterocycles. The number of hydrogen-bond donors (Lipinski definition) is 3. The van der Waals surface area contributed by atoms with Crippen LogP contribution in [0.5, 0.6) is 0 Å². The van der Waals surface area contributed by atoms with Crippen LogP contribution in [0.25, 0.3) is 0 Å². The fourth-order valence-electron chi connectivity index (χ4n) is 3.01. The number of carbonyl (C=O) groups is 1. The van der Waals surface area contributed by atoms with Gasteiger partial charge in [0.15, 0.2) is 5.78 Å². The maximum absolute atomic E-state index is 13.0. The van der Waals surface area contributed by atoms with Gasteiger partial charge in [0.25, 0.3) is 0 Å². The highest BCUT2D eigenvalue weighted by atomic mass is 19.4. The molecule has 5 nitrogen and oxygen atoms in total. The van der Waals surface area contributed by atoms with Crippen molar-refractivity contribution in [2.45, 2.75) is 32.2 Å². The van der Waals surface area contributed by atoms with Crippen LogP contribution in [0.3, 0.4) is 0 Å². The van der Waals surface area contributed by atoms with Crippen molar-refractivity contribution in [3.8, 4) is 0 Å². The molecule has 1 unspecified atom stereocenters. The SMILES string of the molecule is CCC(=O)c1[nH]ncc1CNc1ccccc1C(O)c1cccc(C(F)(F)F)c1. The van der Waals surface area contributed by atoms with Gasteiger partial charge >= 0.3 is 6.18 Å². The number of Topliss-reactive ketones (excluding diaryl/α,β-unsaturated/α-hetero) is 1. The highest BCUT2D eigenvalue weighted by molar-refractivity contribution is 5.95. The molecule has 152 valence electrons. The second-order valence-corrected chi connectivity index (χ2v) is 6.51. The van der Waals surface area contributed by atoms with Gasteiger partial charge in [0, 0.05) is 29.8 Å². The number of aliphatic hydroxyl groups is 1. The first kappa shape index (κ1) is 20.6. The number of hydrogen-bond acceptors (Lipinski definition) is 4. The van der Waals surface area contributed by atoms with Gasteiger partial charge in [-0.05, 0) is 23.8 Å². The van der Waals surface area contributed by atoms with Crippen LogP contribution < -0.4 is 5.32 Å². The average Bonchev–Trinajstić information content (AvgIpc) is 3.19. The van der Waals surface area contributed by atoms with Gasteiger partial charge in [-0.2, -0.15) is 18.3 Å². The lowest BCUT2D eigenvalue weighted by Gasteiger charge is -2.18. The number of para-hydroxylation sites is 1. The van der Waals surface area contributed by atoms with Gasteiger partial charge in [0.1, 0.15) is 11.8 Å². The van der Waals surface area contributed by atoms with E-state index in [9.17, 15) is 23.1 Å². The van der Waals surface area contributed by atoms with Crippen LogP contribution >= 0.6 is 0 Å². The smallest absolute Gasteiger partial charge is 0.384 e. The van der Waals surface area contributed by atoms with Gasteiger partial charge in [-0.25, -0.2) is 0 Å². The Balaban J connectivity index is 1.84. The fourth-order valence-corrected chi connectivity index (χ4v) is 3.01. The molecule has 0 radical (unpaired) electrons. The molecule has 3 aromatic rings. The third-order valence-electron chi connectivity index (χ3n) is 4.57. The number of nitrogens with one attached hydrogen (secondary N) is 2. The maximum atomic E-state index is 13.0. The summed E-state index contributed by atoms with van der Waals surface area (Å²) >= 11 is 0. The minimum absolute atomic E-state index is 0.0726. The summed E-state index contributed by atoms with van der Waals surface area (Å²) < 4.78 is 39.0. The van der Waals surface area contributed by atoms with Crippen LogP contribution in [0.15, 0.2) is 54.7 Å². The van der Waals surface area contributed by atoms with Gasteiger partial charge in [-0.1, -0.05) is 37.3 Å². The predicted molar refractivity (Wildman–Crippen MR) is 102 cm³/mol. The van der Waals surface area contributed by atoms with Crippen molar-refractivity contribution < 1.29 is 23.1 Å². The Bertz CT molecular complexity index is 999. The predicted octanol–water partition coefficient (Wildman–Crippen LogP) is 4.72. The minimum Gasteiger partial charge on any atom is -0.384 e. The second-order valence-electron chi connectivity index (χ2n) is 6.51. The molecular formula is C21H20F3N3O2. The van der Waals surface area contributed by atoms with E-state index in [4.69, 9.17) is 0 Å². The number of benzene rings is 2. The first-order chi connectivity index (χ1) is 13.8. The van der Waals surface area contributed by atoms with Crippen molar-refractivity contribution >= 4 is 11.5 Å². The van der Waals surface area contributed by atoms with E-state index in [0.717, 1.165) is 12.1 Å². The third-order valence-corrected chi connectivity index (χ3v) is 4.57. The second kappa shape index (κ2) is 8.48. The molecule has 29 heavy (non-hydrogen) atoms. The van der Waals surface area contributed by atoms with E-state index in [1.54, 1.807) is 37.4 Å². The molecule has 0 fully saturated rings. The lowest BCUT2D eigenvalue weighted by molar-refractivity contribution is -0.137. The van der Waals surface area contributed by atoms with E-state index in [-0.39, 0.29) is 17.9 Å². The molecule has 2 aromatic carbocycles. The zero-order chi connectivity index (χ0) is 21.0. The van der Waals surface area contributed by atoms with Crippen LogP contribution in [0, 0.1) is 0 Å². The summed E-state index contributed by atoms with van der Waals surface area (Å²) in [6.45, 7) is 2.02. The summed E-state index contributed by atoms with van der Waals surface area (Å²) in [5.74, 6) is -0.0726. The summed E-state index contributed by atoms with van der Waals surface area (Å²) in [6, 6.07) is 11.4. The molecule has 0 bridgehead atoms. The number of anilines is 1. The number of alkyl halides is 3. The van der Waals surface area contributed by atoms with Crippen molar-refractivity contribution in [1.82, 2.24) is 10.2 Å². The van der Waals surface area contributed by atoms with E-state index >= 15 is 0 Å². The molecule has 0 aliphatic carbocycles. The first-order valence-electron chi connectivity index (χ1n) is 9.04. The van der Waals surface area contributed by atoms with Gasteiger partial charge in [0.05, 0.1) is 11.8 Å². The quantitative estimate of drug-likeness (QED) is 0.499. The molecule has 8 heteroatoms. The van der Waals surface area contributed by atoms with Crippen LogP contribution in [0.1, 0.15) is 52.2 Å². The molecule has 0 spiro atoms. The molecule has 3 rings (SSSR count). The van der Waals surface area contributed by atoms with Gasteiger partial charge in [-0.15, -0.1) is 0 Å². The van der Waals surface area contributed by atoms with E-state index in [0.29, 0.717) is 28.9 Å². The zero-order valence-corrected chi connectivity index (χ0v) is 15.6. The molecule has 0 saturated heterocycles. The maximum Gasteiger partial charge on any atom is 0.416 e. The van der Waals surface area contributed by atoms with Crippen LogP contribution in [-0.4, -0.2) is 21.1 Å². The Morgan fingerprint density at radius 3 is 2.69 bits per heavy atom. The first-order valence-corrected chi connectivity index (χ1v) is 9.04. The van der Waals surface area contributed by atoms with Gasteiger partial charge in [0.2, 0.25) is 0 Å². The lowest BCUT2D eigenvalue weighted by Crippen LogP contribution is -2.10. The number of aromatic amines is 1. The Morgan fingerprint density at radius 2 is 1.97 bits per heavy atom. The number of halogens is 3. The molecule has 3 N–H and O–H groups in total. The summed E-state index contributed by atoms with van der Waals surface area (Å²) in [6.07, 6.45) is -3.86. The van der Waals surface area contributed by atoms with Crippen LogP contribution in [0.2, 0.25) is 0 Å². The van der Waals surface area contributed by atoms with E-state index < -0.39 is 17.8 Å². The van der Waals surface area contributed by atoms with Crippen LogP contribution in [-0.2, 0) is 12.7 Å². The monoisotopic (exact) mass is 403 g/mol. The molecule has 0 saturated carbocycles. The molecule has 1 atom stereocenters. The normalized spacial score (nSPS) is 12.6. The van der Waals surface area contributed by atoms with Crippen molar-refractivity contribution in [2.75, 3.05) is 5.32 Å². The summed E-state index contributed by atoms with van der Waals surface area (Å²) in [7, 11) is 0. The Morgan fingerprint density at radius 1 is 1.21 bits per heavy atom. The van der Waals surface area contributed by atoms with Gasteiger partial charge in [-0.3, -0.25) is 9.89 Å². The summed E-state index contributed by atoms with van der Waals surface area (Å²) in [4.78, 5) is 11.9. The number of H-pyrrole nitrogens is 1. The third kappa shape index (κ3) is 4.65. The minimum atomic E-state index is -4.49. The number of nitrogens with zero attached hydrogens (tertiary/aromatic N) is 1. The number of aromatic nitrogens is 2. The molecule has 0 aliphatic heterocycles. The lowest BCUT2D eigenvalue weighted by atomic mass is 9.98. The molecular weight excluding hydrogens is 383 g/mol. The number of carbonyl (C=O) groups excluding carboxylic acids is 1. The Kier molecular flexibility index (Phi) is 6.03. The number of ketones is 1. The van der Waals surface area contributed by atoms with E-state index in [2.05, 4.69) is 15.5 Å². The molecule has 0 aliphatic rings. The Hall–Kier alpha value is -3.13. The Labute approximate surface area is 165 Å². The van der Waals surface area contributed by atoms with Crippen molar-refractivity contribution in [3.05, 3.63) is 82.7 Å². The average molecular weight is 403 g/mol. The topological polar surface area (TPSA) is 78.0 Å². The van der Waals surface area contributed by atoms with Crippen LogP contribution in [0.4, 0.5) is 18.9 Å². The fraction of sp³-hybridized carbons (Fsp3) is 0.238. The highest BCUT2D eigenvalue weighted by Crippen LogP contribution is 2.34. The number of rotatable bonds is 7. The summed E-state index contributed by atoms with van der Waals surface area (Å²) in [5, 5.41) is 20.4. The van der Waals surface area contributed by atoms with Gasteiger partial charge < -0.3 is 10.4 Å². The van der Waals surface area contributed by atoms with E-state index in [1.807, 2.05) is 0 Å². The molecule has 0 amide bonds. The summed E-state index contributed by atoms with van der Waals surface area (Å²) in [5.41, 5.74) is 1.38. The standard InChI is InChI=1S/C21H20F3N3O2/c1-2-18(28)19-14(12-26-27-19)11-25-17-9-4-3-8-16(17)20(29)13-6-5-7-15(10-13)21(22,23)24/h3-10,12,20,25,29H,2,11H2,1H3,(H,26,27). The number of aliphatic hydroxyl groups excluding tert-OH is 1. The molecule has 1 aromatic heterocycles. The van der Waals surface area contributed by atoms with Crippen molar-refractivity contribution in [2.24, 2.45) is 0 Å². The van der Waals surface area contributed by atoms with Crippen molar-refractivity contribution in [1.29, 1.82) is 0 Å². The van der Waals surface area contributed by atoms with Crippen molar-refractivity contribution in [3.63, 3.8) is 0 Å².